The van der Waals surface area contributed by atoms with Gasteiger partial charge in [-0.2, -0.15) is 0 Å². The number of piperidine rings is 1. The van der Waals surface area contributed by atoms with Crippen molar-refractivity contribution in [3.8, 4) is 0 Å². The third kappa shape index (κ3) is 3.45. The topological polar surface area (TPSA) is 15.3 Å². The van der Waals surface area contributed by atoms with Gasteiger partial charge in [-0.3, -0.25) is 0 Å². The number of likely N-dealkylation sites (tertiary alicyclic amines) is 1. The molecule has 17 heavy (non-hydrogen) atoms. The minimum atomic E-state index is 0.776. The molecular formula is C15H30N2. The van der Waals surface area contributed by atoms with Gasteiger partial charge in [-0.05, 0) is 50.6 Å². The molecule has 0 amide bonds. The highest BCUT2D eigenvalue weighted by atomic mass is 15.1. The summed E-state index contributed by atoms with van der Waals surface area (Å²) >= 11 is 0. The summed E-state index contributed by atoms with van der Waals surface area (Å²) in [7, 11) is 2.14. The van der Waals surface area contributed by atoms with Crippen LogP contribution in [-0.4, -0.2) is 37.6 Å². The maximum absolute atomic E-state index is 3.54. The first-order valence-electron chi connectivity index (χ1n) is 7.60. The van der Waals surface area contributed by atoms with E-state index in [1.54, 1.807) is 0 Å². The van der Waals surface area contributed by atoms with Gasteiger partial charge in [-0.1, -0.05) is 26.7 Å². The van der Waals surface area contributed by atoms with Gasteiger partial charge < -0.3 is 10.2 Å². The highest BCUT2D eigenvalue weighted by molar-refractivity contribution is 4.84. The van der Waals surface area contributed by atoms with Crippen molar-refractivity contribution in [2.45, 2.75) is 52.0 Å². The van der Waals surface area contributed by atoms with Gasteiger partial charge in [0.05, 0.1) is 0 Å². The Balaban J connectivity index is 1.83. The first-order chi connectivity index (χ1) is 8.20. The van der Waals surface area contributed by atoms with E-state index in [-0.39, 0.29) is 0 Å². The number of nitrogens with zero attached hydrogens (tertiary/aromatic N) is 1. The summed E-state index contributed by atoms with van der Waals surface area (Å²) in [4.78, 5) is 2.73. The Kier molecular flexibility index (Phi) is 4.87. The van der Waals surface area contributed by atoms with Crippen molar-refractivity contribution < 1.29 is 0 Å². The average Bonchev–Trinajstić information content (AvgIpc) is 2.34. The third-order valence-electron chi connectivity index (χ3n) is 5.19. The van der Waals surface area contributed by atoms with Crippen molar-refractivity contribution in [2.24, 2.45) is 17.8 Å². The molecule has 2 rings (SSSR count). The highest BCUT2D eigenvalue weighted by Crippen LogP contribution is 2.28. The number of rotatable bonds is 3. The molecule has 1 aliphatic heterocycles. The molecule has 4 unspecified atom stereocenters. The second-order valence-electron chi connectivity index (χ2n) is 6.44. The lowest BCUT2D eigenvalue weighted by atomic mass is 9.82. The van der Waals surface area contributed by atoms with Crippen molar-refractivity contribution in [3.05, 3.63) is 0 Å². The summed E-state index contributed by atoms with van der Waals surface area (Å²) in [5.41, 5.74) is 0. The van der Waals surface area contributed by atoms with Crippen LogP contribution in [0.4, 0.5) is 0 Å². The van der Waals surface area contributed by atoms with E-state index in [0.29, 0.717) is 0 Å². The standard InChI is InChI=1S/C15H30N2/c1-12-8-9-17(10-13(12)2)11-14-6-4-5-7-15(14)16-3/h12-16H,4-11H2,1-3H3. The van der Waals surface area contributed by atoms with E-state index in [2.05, 4.69) is 31.1 Å². The second-order valence-corrected chi connectivity index (χ2v) is 6.44. The summed E-state index contributed by atoms with van der Waals surface area (Å²) in [6.45, 7) is 8.83. The molecule has 0 aromatic carbocycles. The number of hydrogen-bond donors (Lipinski definition) is 1. The van der Waals surface area contributed by atoms with Gasteiger partial charge in [-0.25, -0.2) is 0 Å². The molecule has 100 valence electrons. The van der Waals surface area contributed by atoms with Crippen molar-refractivity contribution in [1.29, 1.82) is 0 Å². The molecule has 1 saturated heterocycles. The molecule has 0 spiro atoms. The molecule has 0 aromatic rings. The molecule has 0 aromatic heterocycles. The maximum atomic E-state index is 3.54. The molecule has 2 fully saturated rings. The smallest absolute Gasteiger partial charge is 0.0104 e. The first-order valence-corrected chi connectivity index (χ1v) is 7.60. The second kappa shape index (κ2) is 6.19. The van der Waals surface area contributed by atoms with Gasteiger partial charge in [0.25, 0.3) is 0 Å². The van der Waals surface area contributed by atoms with Crippen molar-refractivity contribution in [2.75, 3.05) is 26.7 Å². The molecule has 2 heteroatoms. The van der Waals surface area contributed by atoms with E-state index in [4.69, 9.17) is 0 Å². The molecule has 1 saturated carbocycles. The molecule has 1 aliphatic carbocycles. The fourth-order valence-corrected chi connectivity index (χ4v) is 3.65. The van der Waals surface area contributed by atoms with Gasteiger partial charge >= 0.3 is 0 Å². The van der Waals surface area contributed by atoms with Gasteiger partial charge in [0.15, 0.2) is 0 Å². The van der Waals surface area contributed by atoms with Crippen LogP contribution >= 0.6 is 0 Å². The van der Waals surface area contributed by atoms with E-state index >= 15 is 0 Å². The Morgan fingerprint density at radius 3 is 2.53 bits per heavy atom. The highest BCUT2D eigenvalue weighted by Gasteiger charge is 2.28. The Morgan fingerprint density at radius 2 is 1.82 bits per heavy atom. The molecule has 1 N–H and O–H groups in total. The zero-order valence-electron chi connectivity index (χ0n) is 11.9. The van der Waals surface area contributed by atoms with Crippen LogP contribution in [0, 0.1) is 17.8 Å². The summed E-state index contributed by atoms with van der Waals surface area (Å²) in [6.07, 6.45) is 7.10. The van der Waals surface area contributed by atoms with Crippen LogP contribution in [0.3, 0.4) is 0 Å². The maximum Gasteiger partial charge on any atom is 0.0104 e. The fourth-order valence-electron chi connectivity index (χ4n) is 3.65. The van der Waals surface area contributed by atoms with E-state index in [1.807, 2.05) is 0 Å². The van der Waals surface area contributed by atoms with Gasteiger partial charge in [0.1, 0.15) is 0 Å². The monoisotopic (exact) mass is 238 g/mol. The lowest BCUT2D eigenvalue weighted by molar-refractivity contribution is 0.101. The molecule has 4 atom stereocenters. The zero-order valence-corrected chi connectivity index (χ0v) is 11.9. The Morgan fingerprint density at radius 1 is 1.06 bits per heavy atom. The van der Waals surface area contributed by atoms with E-state index < -0.39 is 0 Å². The minimum absolute atomic E-state index is 0.776. The van der Waals surface area contributed by atoms with Crippen LogP contribution in [0.5, 0.6) is 0 Å². The van der Waals surface area contributed by atoms with Gasteiger partial charge in [0, 0.05) is 19.1 Å². The normalized spacial score (nSPS) is 40.4. The summed E-state index contributed by atoms with van der Waals surface area (Å²) in [5.74, 6) is 2.72. The largest absolute Gasteiger partial charge is 0.317 e. The lowest BCUT2D eigenvalue weighted by Crippen LogP contribution is -2.46. The van der Waals surface area contributed by atoms with Crippen LogP contribution in [0.2, 0.25) is 0 Å². The lowest BCUT2D eigenvalue weighted by Gasteiger charge is -2.40. The van der Waals surface area contributed by atoms with Crippen LogP contribution in [-0.2, 0) is 0 Å². The average molecular weight is 238 g/mol. The van der Waals surface area contributed by atoms with Gasteiger partial charge in [-0.15, -0.1) is 0 Å². The van der Waals surface area contributed by atoms with Crippen molar-refractivity contribution >= 4 is 0 Å². The predicted molar refractivity (Wildman–Crippen MR) is 74.2 cm³/mol. The zero-order chi connectivity index (χ0) is 12.3. The Labute approximate surface area is 107 Å². The Bertz CT molecular complexity index is 229. The first kappa shape index (κ1) is 13.4. The van der Waals surface area contributed by atoms with E-state index in [0.717, 1.165) is 23.8 Å². The fraction of sp³-hybridized carbons (Fsp3) is 1.00. The van der Waals surface area contributed by atoms with Crippen LogP contribution in [0.25, 0.3) is 0 Å². The van der Waals surface area contributed by atoms with Crippen LogP contribution in [0.1, 0.15) is 46.0 Å². The number of hydrogen-bond acceptors (Lipinski definition) is 2. The SMILES string of the molecule is CNC1CCCCC1CN1CCC(C)C(C)C1. The molecule has 0 radical (unpaired) electrons. The van der Waals surface area contributed by atoms with Crippen LogP contribution in [0.15, 0.2) is 0 Å². The van der Waals surface area contributed by atoms with E-state index in [1.165, 1.54) is 51.7 Å². The summed E-state index contributed by atoms with van der Waals surface area (Å²) in [5, 5.41) is 3.54. The van der Waals surface area contributed by atoms with Gasteiger partial charge in [0.2, 0.25) is 0 Å². The quantitative estimate of drug-likeness (QED) is 0.813. The molecule has 0 bridgehead atoms. The molecule has 2 nitrogen and oxygen atoms in total. The molecule has 1 heterocycles. The van der Waals surface area contributed by atoms with Crippen molar-refractivity contribution in [1.82, 2.24) is 10.2 Å². The van der Waals surface area contributed by atoms with Crippen LogP contribution < -0.4 is 5.32 Å². The molecule has 2 aliphatic rings. The minimum Gasteiger partial charge on any atom is -0.317 e. The molecular weight excluding hydrogens is 208 g/mol. The Hall–Kier alpha value is -0.0800. The predicted octanol–water partition coefficient (Wildman–Crippen LogP) is 2.74. The van der Waals surface area contributed by atoms with E-state index in [9.17, 15) is 0 Å². The summed E-state index contributed by atoms with van der Waals surface area (Å²) in [6, 6.07) is 0.776. The summed E-state index contributed by atoms with van der Waals surface area (Å²) < 4.78 is 0. The van der Waals surface area contributed by atoms with Crippen molar-refractivity contribution in [3.63, 3.8) is 0 Å². The third-order valence-corrected chi connectivity index (χ3v) is 5.19. The number of nitrogens with one attached hydrogen (secondary N) is 1.